The zero-order chi connectivity index (χ0) is 14.0. The van der Waals surface area contributed by atoms with Crippen LogP contribution in [-0.2, 0) is 26.2 Å². The van der Waals surface area contributed by atoms with Gasteiger partial charge in [-0.1, -0.05) is 0 Å². The first-order chi connectivity index (χ1) is 8.97. The fraction of sp³-hybridized carbons (Fsp3) is 0.231. The van der Waals surface area contributed by atoms with E-state index in [1.54, 1.807) is 24.1 Å². The molecule has 0 N–H and O–H groups in total. The van der Waals surface area contributed by atoms with Crippen LogP contribution in [0.25, 0.3) is 6.08 Å². The molecule has 0 spiro atoms. The van der Waals surface area contributed by atoms with Crippen LogP contribution in [0.1, 0.15) is 12.5 Å². The molecule has 98 valence electrons. The second-order valence-corrected chi connectivity index (χ2v) is 4.19. The van der Waals surface area contributed by atoms with Crippen LogP contribution < -0.4 is 0 Å². The van der Waals surface area contributed by atoms with Gasteiger partial charge in [0.15, 0.2) is 17.5 Å². The quantitative estimate of drug-likeness (QED) is 0.453. The third-order valence-electron chi connectivity index (χ3n) is 2.58. The Morgan fingerprint density at radius 2 is 2.21 bits per heavy atom. The minimum atomic E-state index is -1.39. The molecule has 0 fully saturated rings. The average molecular weight is 260 g/mol. The van der Waals surface area contributed by atoms with Gasteiger partial charge in [0.25, 0.3) is 0 Å². The van der Waals surface area contributed by atoms with Crippen LogP contribution in [-0.4, -0.2) is 27.3 Å². The highest BCUT2D eigenvalue weighted by atomic mass is 16.5. The highest BCUT2D eigenvalue weighted by molar-refractivity contribution is 6.25. The van der Waals surface area contributed by atoms with E-state index in [4.69, 9.17) is 4.74 Å². The number of allylic oxidation sites excluding steroid dienone is 3. The molecule has 6 heteroatoms. The van der Waals surface area contributed by atoms with Gasteiger partial charge in [0.1, 0.15) is 5.76 Å². The summed E-state index contributed by atoms with van der Waals surface area (Å²) < 4.78 is 6.36. The summed E-state index contributed by atoms with van der Waals surface area (Å²) in [5, 5.41) is 3.93. The monoisotopic (exact) mass is 260 g/mol. The Morgan fingerprint density at radius 1 is 1.47 bits per heavy atom. The van der Waals surface area contributed by atoms with Crippen molar-refractivity contribution in [1.29, 1.82) is 0 Å². The maximum absolute atomic E-state index is 11.8. The van der Waals surface area contributed by atoms with Crippen molar-refractivity contribution in [3.05, 3.63) is 35.9 Å². The Morgan fingerprint density at radius 3 is 2.79 bits per heavy atom. The van der Waals surface area contributed by atoms with Gasteiger partial charge in [-0.15, -0.1) is 0 Å². The number of rotatable bonds is 3. The first-order valence-electron chi connectivity index (χ1n) is 5.62. The van der Waals surface area contributed by atoms with Crippen LogP contribution in [0.2, 0.25) is 0 Å². The molecule has 0 aromatic carbocycles. The molecule has 1 aromatic heterocycles. The maximum atomic E-state index is 11.8. The zero-order valence-electron chi connectivity index (χ0n) is 10.5. The Balaban J connectivity index is 2.14. The molecule has 6 nitrogen and oxygen atoms in total. The Labute approximate surface area is 109 Å². The largest absolute Gasteiger partial charge is 0.430 e. The number of nitrogens with zero attached hydrogens (tertiary/aromatic N) is 2. The summed E-state index contributed by atoms with van der Waals surface area (Å²) in [7, 11) is 1.74. The minimum absolute atomic E-state index is 0.204. The molecule has 0 amide bonds. The number of cyclic esters (lactones) is 1. The van der Waals surface area contributed by atoms with Crippen LogP contribution >= 0.6 is 0 Å². The number of aromatic nitrogens is 2. The van der Waals surface area contributed by atoms with Gasteiger partial charge in [-0.3, -0.25) is 19.1 Å². The molecular weight excluding hydrogens is 248 g/mol. The fourth-order valence-electron chi connectivity index (χ4n) is 1.70. The van der Waals surface area contributed by atoms with Crippen LogP contribution in [0.15, 0.2) is 30.3 Å². The lowest BCUT2D eigenvalue weighted by Crippen LogP contribution is -2.34. The molecule has 0 bridgehead atoms. The Kier molecular flexibility index (Phi) is 3.41. The molecule has 0 saturated carbocycles. The summed E-state index contributed by atoms with van der Waals surface area (Å²) in [5.41, 5.74) is 0.708. The maximum Gasteiger partial charge on any atom is 0.329 e. The third-order valence-corrected chi connectivity index (χ3v) is 2.58. The molecule has 19 heavy (non-hydrogen) atoms. The van der Waals surface area contributed by atoms with Gasteiger partial charge in [0, 0.05) is 24.9 Å². The van der Waals surface area contributed by atoms with Gasteiger partial charge in [-0.25, -0.2) is 0 Å². The van der Waals surface area contributed by atoms with E-state index in [-0.39, 0.29) is 5.76 Å². The molecular formula is C13H12N2O4. The summed E-state index contributed by atoms with van der Waals surface area (Å²) in [6.45, 7) is 1.49. The fourth-order valence-corrected chi connectivity index (χ4v) is 1.70. The molecule has 1 atom stereocenters. The summed E-state index contributed by atoms with van der Waals surface area (Å²) >= 11 is 0. The van der Waals surface area contributed by atoms with Gasteiger partial charge in [-0.05, 0) is 19.1 Å². The Bertz CT molecular complexity index is 610. The molecule has 0 unspecified atom stereocenters. The number of hydrogen-bond donors (Lipinski definition) is 0. The molecule has 2 rings (SSSR count). The smallest absolute Gasteiger partial charge is 0.329 e. The topological polar surface area (TPSA) is 78.3 Å². The molecule has 0 radical (unpaired) electrons. The van der Waals surface area contributed by atoms with Crippen LogP contribution in [0.4, 0.5) is 0 Å². The van der Waals surface area contributed by atoms with E-state index in [1.165, 1.54) is 19.1 Å². The minimum Gasteiger partial charge on any atom is -0.430 e. The number of ketones is 2. The third kappa shape index (κ3) is 2.85. The standard InChI is InChI=1S/C13H12N2O4/c1-8-5-11(17)12(13(18)19-8)10(16)4-3-9-6-14-15(2)7-9/h3-7,12H,1-2H3/b4-3-/t12-/m0/s1. The van der Waals surface area contributed by atoms with E-state index in [0.29, 0.717) is 5.56 Å². The second-order valence-electron chi connectivity index (χ2n) is 4.19. The lowest BCUT2D eigenvalue weighted by Gasteiger charge is -2.15. The summed E-state index contributed by atoms with van der Waals surface area (Å²) in [4.78, 5) is 35.0. The Hall–Kier alpha value is -2.50. The highest BCUT2D eigenvalue weighted by Gasteiger charge is 2.36. The van der Waals surface area contributed by atoms with Crippen molar-refractivity contribution >= 4 is 23.6 Å². The average Bonchev–Trinajstić information content (AvgIpc) is 2.71. The van der Waals surface area contributed by atoms with Gasteiger partial charge in [-0.2, -0.15) is 5.10 Å². The number of carbonyl (C=O) groups excluding carboxylic acids is 3. The normalized spacial score (nSPS) is 19.5. The number of ether oxygens (including phenoxy) is 1. The molecule has 2 heterocycles. The number of carbonyl (C=O) groups is 3. The second kappa shape index (κ2) is 5.01. The predicted molar refractivity (Wildman–Crippen MR) is 65.6 cm³/mol. The van der Waals surface area contributed by atoms with Crippen molar-refractivity contribution in [3.63, 3.8) is 0 Å². The lowest BCUT2D eigenvalue weighted by atomic mass is 9.96. The van der Waals surface area contributed by atoms with Gasteiger partial charge in [0.05, 0.1) is 6.20 Å². The van der Waals surface area contributed by atoms with E-state index >= 15 is 0 Å². The van der Waals surface area contributed by atoms with Crippen LogP contribution in [0.3, 0.4) is 0 Å². The number of aryl methyl sites for hydroxylation is 1. The van der Waals surface area contributed by atoms with Gasteiger partial charge < -0.3 is 4.74 Å². The molecule has 0 aliphatic carbocycles. The molecule has 1 aromatic rings. The van der Waals surface area contributed by atoms with E-state index in [0.717, 1.165) is 6.08 Å². The summed E-state index contributed by atoms with van der Waals surface area (Å²) in [6, 6.07) is 0. The predicted octanol–water partition coefficient (Wildman–Crippen LogP) is 0.648. The first-order valence-corrected chi connectivity index (χ1v) is 5.62. The van der Waals surface area contributed by atoms with E-state index in [9.17, 15) is 14.4 Å². The van der Waals surface area contributed by atoms with Crippen molar-refractivity contribution in [2.45, 2.75) is 6.92 Å². The van der Waals surface area contributed by atoms with Crippen LogP contribution in [0, 0.1) is 5.92 Å². The highest BCUT2D eigenvalue weighted by Crippen LogP contribution is 2.16. The lowest BCUT2D eigenvalue weighted by molar-refractivity contribution is -0.151. The van der Waals surface area contributed by atoms with Crippen LogP contribution in [0.5, 0.6) is 0 Å². The first kappa shape index (κ1) is 12.9. The van der Waals surface area contributed by atoms with Crippen molar-refractivity contribution in [2.75, 3.05) is 0 Å². The molecule has 1 aliphatic heterocycles. The van der Waals surface area contributed by atoms with Crippen molar-refractivity contribution < 1.29 is 19.1 Å². The summed E-state index contributed by atoms with van der Waals surface area (Å²) in [6.07, 6.45) is 7.11. The van der Waals surface area contributed by atoms with Crippen molar-refractivity contribution in [3.8, 4) is 0 Å². The van der Waals surface area contributed by atoms with Gasteiger partial charge in [0.2, 0.25) is 0 Å². The van der Waals surface area contributed by atoms with E-state index in [2.05, 4.69) is 5.10 Å². The number of esters is 1. The molecule has 0 saturated heterocycles. The zero-order valence-corrected chi connectivity index (χ0v) is 10.5. The molecule has 1 aliphatic rings. The van der Waals surface area contributed by atoms with E-state index < -0.39 is 23.5 Å². The van der Waals surface area contributed by atoms with Crippen molar-refractivity contribution in [1.82, 2.24) is 9.78 Å². The number of hydrogen-bond acceptors (Lipinski definition) is 5. The van der Waals surface area contributed by atoms with E-state index in [1.807, 2.05) is 0 Å². The van der Waals surface area contributed by atoms with Gasteiger partial charge >= 0.3 is 5.97 Å². The van der Waals surface area contributed by atoms with Crippen molar-refractivity contribution in [2.24, 2.45) is 13.0 Å². The SMILES string of the molecule is CC1=CC(=O)[C@H](C(=O)/C=C\c2cnn(C)c2)C(=O)O1. The summed E-state index contributed by atoms with van der Waals surface area (Å²) in [5.74, 6) is -3.16.